The summed E-state index contributed by atoms with van der Waals surface area (Å²) in [6, 6.07) is 0.399. The molecule has 3 nitrogen and oxygen atoms in total. The van der Waals surface area contributed by atoms with Crippen molar-refractivity contribution < 1.29 is 0 Å². The zero-order valence-electron chi connectivity index (χ0n) is 10.7. The normalized spacial score (nSPS) is 19.7. The predicted molar refractivity (Wildman–Crippen MR) is 66.3 cm³/mol. The van der Waals surface area contributed by atoms with Crippen molar-refractivity contribution in [3.05, 3.63) is 0 Å². The van der Waals surface area contributed by atoms with E-state index >= 15 is 0 Å². The molecule has 3 heteroatoms. The van der Waals surface area contributed by atoms with Gasteiger partial charge in [0.25, 0.3) is 0 Å². The molecule has 0 aromatic carbocycles. The molecule has 0 saturated carbocycles. The second-order valence-electron chi connectivity index (χ2n) is 4.44. The van der Waals surface area contributed by atoms with Crippen LogP contribution in [0.4, 0.5) is 0 Å². The molecule has 88 valence electrons. The fraction of sp³-hybridized carbons (Fsp3) is 0.917. The van der Waals surface area contributed by atoms with Crippen LogP contribution in [0, 0.1) is 0 Å². The first-order chi connectivity index (χ1) is 7.19. The standard InChI is InChI=1S/C12H25N3/c1-5-7-8-15-10-9-14(6-2)12(15)13-11(3)4/h11H,5-10H2,1-4H3/b13-12+. The molecule has 1 aliphatic rings. The van der Waals surface area contributed by atoms with Crippen molar-refractivity contribution in [3.8, 4) is 0 Å². The number of unbranched alkanes of at least 4 members (excludes halogenated alkanes) is 1. The average molecular weight is 211 g/mol. The van der Waals surface area contributed by atoms with E-state index in [2.05, 4.69) is 37.5 Å². The van der Waals surface area contributed by atoms with Gasteiger partial charge < -0.3 is 9.80 Å². The van der Waals surface area contributed by atoms with E-state index in [1.807, 2.05) is 0 Å². The Balaban J connectivity index is 2.63. The van der Waals surface area contributed by atoms with E-state index in [4.69, 9.17) is 4.99 Å². The molecule has 0 spiro atoms. The topological polar surface area (TPSA) is 18.8 Å². The highest BCUT2D eigenvalue weighted by Gasteiger charge is 2.24. The Hall–Kier alpha value is -0.730. The minimum atomic E-state index is 0.399. The van der Waals surface area contributed by atoms with Gasteiger partial charge in [0.05, 0.1) is 0 Å². The fourth-order valence-electron chi connectivity index (χ4n) is 1.90. The van der Waals surface area contributed by atoms with E-state index in [1.54, 1.807) is 0 Å². The molecule has 1 heterocycles. The fourth-order valence-corrected chi connectivity index (χ4v) is 1.90. The SMILES string of the molecule is CCCCN1CCN(CC)/C1=N\C(C)C. The van der Waals surface area contributed by atoms with Gasteiger partial charge in [-0.1, -0.05) is 13.3 Å². The van der Waals surface area contributed by atoms with Gasteiger partial charge >= 0.3 is 0 Å². The number of nitrogens with zero attached hydrogens (tertiary/aromatic N) is 3. The summed E-state index contributed by atoms with van der Waals surface area (Å²) in [6.07, 6.45) is 2.53. The van der Waals surface area contributed by atoms with Crippen LogP contribution >= 0.6 is 0 Å². The van der Waals surface area contributed by atoms with Crippen molar-refractivity contribution >= 4 is 5.96 Å². The van der Waals surface area contributed by atoms with Crippen LogP contribution in [0.3, 0.4) is 0 Å². The molecule has 0 aliphatic carbocycles. The van der Waals surface area contributed by atoms with E-state index in [9.17, 15) is 0 Å². The Morgan fingerprint density at radius 1 is 1.20 bits per heavy atom. The van der Waals surface area contributed by atoms with Crippen LogP contribution in [0.2, 0.25) is 0 Å². The Morgan fingerprint density at radius 2 is 1.87 bits per heavy atom. The molecule has 15 heavy (non-hydrogen) atoms. The van der Waals surface area contributed by atoms with Crippen LogP contribution in [0.5, 0.6) is 0 Å². The highest BCUT2D eigenvalue weighted by Crippen LogP contribution is 2.11. The van der Waals surface area contributed by atoms with Crippen molar-refractivity contribution in [2.75, 3.05) is 26.2 Å². The van der Waals surface area contributed by atoms with Gasteiger partial charge in [-0.15, -0.1) is 0 Å². The molecule has 0 aromatic heterocycles. The van der Waals surface area contributed by atoms with E-state index in [1.165, 1.54) is 25.3 Å². The van der Waals surface area contributed by atoms with E-state index in [-0.39, 0.29) is 0 Å². The maximum Gasteiger partial charge on any atom is 0.196 e. The van der Waals surface area contributed by atoms with Crippen molar-refractivity contribution in [1.29, 1.82) is 0 Å². The monoisotopic (exact) mass is 211 g/mol. The van der Waals surface area contributed by atoms with Crippen LogP contribution in [-0.2, 0) is 0 Å². The van der Waals surface area contributed by atoms with Crippen LogP contribution < -0.4 is 0 Å². The highest BCUT2D eigenvalue weighted by molar-refractivity contribution is 5.82. The highest BCUT2D eigenvalue weighted by atomic mass is 15.4. The summed E-state index contributed by atoms with van der Waals surface area (Å²) >= 11 is 0. The predicted octanol–water partition coefficient (Wildman–Crippen LogP) is 2.19. The van der Waals surface area contributed by atoms with E-state index < -0.39 is 0 Å². The summed E-state index contributed by atoms with van der Waals surface area (Å²) < 4.78 is 0. The van der Waals surface area contributed by atoms with Crippen molar-refractivity contribution in [3.63, 3.8) is 0 Å². The van der Waals surface area contributed by atoms with Gasteiger partial charge in [0, 0.05) is 32.2 Å². The summed E-state index contributed by atoms with van der Waals surface area (Å²) in [5, 5.41) is 0. The third kappa shape index (κ3) is 3.40. The minimum absolute atomic E-state index is 0.399. The molecule has 0 N–H and O–H groups in total. The van der Waals surface area contributed by atoms with Gasteiger partial charge in [-0.25, -0.2) is 0 Å². The van der Waals surface area contributed by atoms with Crippen molar-refractivity contribution in [2.24, 2.45) is 4.99 Å². The lowest BCUT2D eigenvalue weighted by atomic mass is 10.3. The number of guanidine groups is 1. The average Bonchev–Trinajstić information content (AvgIpc) is 2.57. The summed E-state index contributed by atoms with van der Waals surface area (Å²) in [7, 11) is 0. The molecule has 1 fully saturated rings. The molecule has 0 amide bonds. The van der Waals surface area contributed by atoms with Gasteiger partial charge in [0.15, 0.2) is 5.96 Å². The first kappa shape index (κ1) is 12.3. The lowest BCUT2D eigenvalue weighted by Gasteiger charge is -2.23. The van der Waals surface area contributed by atoms with Crippen LogP contribution in [-0.4, -0.2) is 48.0 Å². The lowest BCUT2D eigenvalue weighted by Crippen LogP contribution is -2.35. The maximum atomic E-state index is 4.73. The molecular weight excluding hydrogens is 186 g/mol. The third-order valence-corrected chi connectivity index (χ3v) is 2.74. The number of hydrogen-bond acceptors (Lipinski definition) is 1. The Morgan fingerprint density at radius 3 is 2.40 bits per heavy atom. The molecule has 0 unspecified atom stereocenters. The molecule has 0 atom stereocenters. The molecular formula is C12H25N3. The van der Waals surface area contributed by atoms with Gasteiger partial charge in [-0.05, 0) is 27.2 Å². The molecule has 0 aromatic rings. The summed E-state index contributed by atoms with van der Waals surface area (Å²) in [4.78, 5) is 9.55. The smallest absolute Gasteiger partial charge is 0.196 e. The molecule has 1 rings (SSSR count). The number of hydrogen-bond donors (Lipinski definition) is 0. The van der Waals surface area contributed by atoms with Crippen molar-refractivity contribution in [1.82, 2.24) is 9.80 Å². The van der Waals surface area contributed by atoms with E-state index in [0.29, 0.717) is 6.04 Å². The zero-order valence-corrected chi connectivity index (χ0v) is 10.7. The zero-order chi connectivity index (χ0) is 11.3. The van der Waals surface area contributed by atoms with Crippen molar-refractivity contribution in [2.45, 2.75) is 46.6 Å². The lowest BCUT2D eigenvalue weighted by molar-refractivity contribution is 0.444. The van der Waals surface area contributed by atoms with Gasteiger partial charge in [0.1, 0.15) is 0 Å². The first-order valence-electron chi connectivity index (χ1n) is 6.26. The number of aliphatic imine (C=N–C) groups is 1. The second kappa shape index (κ2) is 5.99. The summed E-state index contributed by atoms with van der Waals surface area (Å²) in [6.45, 7) is 13.3. The third-order valence-electron chi connectivity index (χ3n) is 2.74. The largest absolute Gasteiger partial charge is 0.341 e. The Kier molecular flexibility index (Phi) is 4.92. The van der Waals surface area contributed by atoms with Gasteiger partial charge in [-0.2, -0.15) is 0 Å². The molecule has 0 radical (unpaired) electrons. The van der Waals surface area contributed by atoms with Gasteiger partial charge in [0.2, 0.25) is 0 Å². The Bertz CT molecular complexity index is 211. The van der Waals surface area contributed by atoms with Crippen LogP contribution in [0.15, 0.2) is 4.99 Å². The summed E-state index contributed by atoms with van der Waals surface area (Å²) in [5.41, 5.74) is 0. The second-order valence-corrected chi connectivity index (χ2v) is 4.44. The van der Waals surface area contributed by atoms with E-state index in [0.717, 1.165) is 19.6 Å². The molecule has 1 aliphatic heterocycles. The van der Waals surface area contributed by atoms with Crippen LogP contribution in [0.1, 0.15) is 40.5 Å². The van der Waals surface area contributed by atoms with Crippen LogP contribution in [0.25, 0.3) is 0 Å². The number of rotatable bonds is 5. The van der Waals surface area contributed by atoms with Gasteiger partial charge in [-0.3, -0.25) is 4.99 Å². The minimum Gasteiger partial charge on any atom is -0.341 e. The molecule has 1 saturated heterocycles. The quantitative estimate of drug-likeness (QED) is 0.694. The molecule has 0 bridgehead atoms. The Labute approximate surface area is 94.2 Å². The first-order valence-corrected chi connectivity index (χ1v) is 6.26. The summed E-state index contributed by atoms with van der Waals surface area (Å²) in [5.74, 6) is 1.22. The number of likely N-dealkylation sites (N-methyl/N-ethyl adjacent to an activating group) is 1. The maximum absolute atomic E-state index is 4.73.